The second-order valence-electron chi connectivity index (χ2n) is 10.7. The minimum atomic E-state index is -0.481. The largest absolute Gasteiger partial charge is 0.398 e. The Morgan fingerprint density at radius 3 is 2.55 bits per heavy atom. The van der Waals surface area contributed by atoms with Crippen LogP contribution in [0, 0.1) is 22.6 Å². The van der Waals surface area contributed by atoms with Gasteiger partial charge in [0, 0.05) is 34.3 Å². The van der Waals surface area contributed by atoms with Gasteiger partial charge in [0.25, 0.3) is 0 Å². The Hall–Kier alpha value is -3.00. The number of halogens is 2. The van der Waals surface area contributed by atoms with Gasteiger partial charge in [0.1, 0.15) is 16.9 Å². The van der Waals surface area contributed by atoms with Crippen LogP contribution in [-0.2, 0) is 0 Å². The fourth-order valence-corrected chi connectivity index (χ4v) is 5.42. The van der Waals surface area contributed by atoms with Crippen LogP contribution >= 0.6 is 27.7 Å². The summed E-state index contributed by atoms with van der Waals surface area (Å²) in [5, 5.41) is 20.1. The number of nitriles is 1. The fourth-order valence-electron chi connectivity index (χ4n) is 4.15. The molecule has 0 radical (unpaired) electrons. The van der Waals surface area contributed by atoms with Crippen LogP contribution < -0.4 is 22.2 Å². The highest BCUT2D eigenvalue weighted by atomic mass is 79.9. The minimum Gasteiger partial charge on any atom is -0.398 e. The zero-order chi connectivity index (χ0) is 27.6. The van der Waals surface area contributed by atoms with Crippen molar-refractivity contribution in [3.05, 3.63) is 74.7 Å². The molecule has 1 aliphatic rings. The zero-order valence-electron chi connectivity index (χ0n) is 22.0. The molecule has 1 saturated carbocycles. The van der Waals surface area contributed by atoms with Crippen LogP contribution in [0.25, 0.3) is 10.9 Å². The molecule has 1 atom stereocenters. The van der Waals surface area contributed by atoms with Crippen LogP contribution in [0.2, 0.25) is 0 Å². The summed E-state index contributed by atoms with van der Waals surface area (Å²) >= 11 is 5.16. The lowest BCUT2D eigenvalue weighted by Gasteiger charge is -2.28. The summed E-state index contributed by atoms with van der Waals surface area (Å²) in [4.78, 5) is 4.53. The predicted octanol–water partition coefficient (Wildman–Crippen LogP) is 6.45. The van der Waals surface area contributed by atoms with E-state index in [4.69, 9.17) is 11.6 Å². The van der Waals surface area contributed by atoms with E-state index in [0.29, 0.717) is 17.8 Å². The van der Waals surface area contributed by atoms with Crippen molar-refractivity contribution in [3.63, 3.8) is 0 Å². The van der Waals surface area contributed by atoms with E-state index >= 15 is 0 Å². The van der Waals surface area contributed by atoms with E-state index in [0.717, 1.165) is 50.2 Å². The van der Waals surface area contributed by atoms with Crippen molar-refractivity contribution in [1.29, 1.82) is 5.26 Å². The van der Waals surface area contributed by atoms with Gasteiger partial charge in [-0.25, -0.2) is 10.2 Å². The van der Waals surface area contributed by atoms with Gasteiger partial charge in [0.05, 0.1) is 28.5 Å². The minimum absolute atomic E-state index is 0.00616. The Morgan fingerprint density at radius 1 is 1.29 bits per heavy atom. The first kappa shape index (κ1) is 28.0. The monoisotopic (exact) mass is 597 g/mol. The molecule has 3 aromatic rings. The first-order chi connectivity index (χ1) is 18.0. The van der Waals surface area contributed by atoms with Gasteiger partial charge >= 0.3 is 0 Å². The number of hydrazine groups is 1. The summed E-state index contributed by atoms with van der Waals surface area (Å²) in [6, 6.07) is 12.2. The number of nitrogens with zero attached hydrogens (tertiary/aromatic N) is 3. The maximum Gasteiger partial charge on any atom is 0.123 e. The highest BCUT2D eigenvalue weighted by molar-refractivity contribution is 9.10. The van der Waals surface area contributed by atoms with Crippen molar-refractivity contribution in [3.8, 4) is 6.07 Å². The zero-order valence-corrected chi connectivity index (χ0v) is 24.4. The van der Waals surface area contributed by atoms with Crippen molar-refractivity contribution in [2.45, 2.75) is 45.7 Å². The molecule has 2 aromatic carbocycles. The van der Waals surface area contributed by atoms with Crippen molar-refractivity contribution in [2.75, 3.05) is 23.4 Å². The first-order valence-corrected chi connectivity index (χ1v) is 14.4. The standard InChI is InChI=1S/C28H33BrFN7S/c1-28(2,3)15-35-24-17(13-31)14-34-26-21(24)11-19(12-22(26)29)36-25(16-5-7-18(30)8-6-16)23(32)27(38-4)37(33)20-9-10-20/h5-8,11-12,14,20,25,36H,9-10,15,32-33H2,1-4H3,(H,34,35)/b27-23+. The van der Waals surface area contributed by atoms with E-state index in [-0.39, 0.29) is 17.3 Å². The second-order valence-corrected chi connectivity index (χ2v) is 12.3. The number of thioether (sulfide) groups is 1. The number of hydrogen-bond donors (Lipinski definition) is 4. The van der Waals surface area contributed by atoms with Crippen molar-refractivity contribution >= 4 is 50.0 Å². The van der Waals surface area contributed by atoms with Crippen molar-refractivity contribution in [2.24, 2.45) is 17.0 Å². The Morgan fingerprint density at radius 2 is 1.97 bits per heavy atom. The number of hydrogen-bond acceptors (Lipinski definition) is 8. The lowest BCUT2D eigenvalue weighted by atomic mass is 9.96. The highest BCUT2D eigenvalue weighted by Crippen LogP contribution is 2.38. The molecule has 0 aliphatic heterocycles. The summed E-state index contributed by atoms with van der Waals surface area (Å²) in [6.45, 7) is 7.07. The van der Waals surface area contributed by atoms with E-state index in [1.165, 1.54) is 23.9 Å². The number of fused-ring (bicyclic) bond motifs is 1. The van der Waals surface area contributed by atoms with Gasteiger partial charge in [-0.1, -0.05) is 32.9 Å². The Bertz CT molecular complexity index is 1390. The van der Waals surface area contributed by atoms with Gasteiger partial charge in [0.2, 0.25) is 0 Å². The van der Waals surface area contributed by atoms with E-state index in [1.807, 2.05) is 18.4 Å². The van der Waals surface area contributed by atoms with Crippen LogP contribution in [0.5, 0.6) is 0 Å². The Kier molecular flexibility index (Phi) is 8.40. The van der Waals surface area contributed by atoms with Gasteiger partial charge in [-0.05, 0) is 70.3 Å². The van der Waals surface area contributed by atoms with E-state index < -0.39 is 6.04 Å². The summed E-state index contributed by atoms with van der Waals surface area (Å²) in [6.07, 6.45) is 5.59. The molecule has 10 heteroatoms. The average Bonchev–Trinajstić information content (AvgIpc) is 3.72. The number of nitrogens with one attached hydrogen (secondary N) is 2. The smallest absolute Gasteiger partial charge is 0.123 e. The molecule has 38 heavy (non-hydrogen) atoms. The molecule has 4 rings (SSSR count). The van der Waals surface area contributed by atoms with Crippen LogP contribution in [0.4, 0.5) is 15.8 Å². The van der Waals surface area contributed by atoms with Crippen LogP contribution in [0.15, 0.2) is 57.8 Å². The van der Waals surface area contributed by atoms with Gasteiger partial charge < -0.3 is 21.4 Å². The summed E-state index contributed by atoms with van der Waals surface area (Å²) in [5.74, 6) is 6.10. The molecular weight excluding hydrogens is 565 g/mol. The molecule has 1 unspecified atom stereocenters. The average molecular weight is 599 g/mol. The Labute approximate surface area is 235 Å². The maximum atomic E-state index is 13.8. The van der Waals surface area contributed by atoms with Crippen molar-refractivity contribution in [1.82, 2.24) is 9.99 Å². The first-order valence-electron chi connectivity index (χ1n) is 12.4. The maximum absolute atomic E-state index is 13.8. The topological polar surface area (TPSA) is 116 Å². The molecule has 1 aliphatic carbocycles. The molecule has 1 aromatic heterocycles. The van der Waals surface area contributed by atoms with E-state index in [9.17, 15) is 9.65 Å². The molecule has 6 N–H and O–H groups in total. The molecule has 1 fully saturated rings. The van der Waals surface area contributed by atoms with E-state index in [1.54, 1.807) is 23.3 Å². The molecule has 7 nitrogen and oxygen atoms in total. The normalized spacial score (nSPS) is 15.0. The fraction of sp³-hybridized carbons (Fsp3) is 0.357. The summed E-state index contributed by atoms with van der Waals surface area (Å²) in [7, 11) is 0. The van der Waals surface area contributed by atoms with Crippen LogP contribution in [0.3, 0.4) is 0 Å². The number of anilines is 2. The quantitative estimate of drug-likeness (QED) is 0.164. The number of aromatic nitrogens is 1. The number of benzene rings is 2. The number of rotatable bonds is 9. The summed E-state index contributed by atoms with van der Waals surface area (Å²) < 4.78 is 14.6. The third-order valence-corrected chi connectivity index (χ3v) is 7.72. The van der Waals surface area contributed by atoms with Gasteiger partial charge in [-0.3, -0.25) is 4.98 Å². The second kappa shape index (κ2) is 11.4. The molecule has 0 bridgehead atoms. The van der Waals surface area contributed by atoms with Gasteiger partial charge in [-0.2, -0.15) is 5.26 Å². The molecule has 1 heterocycles. The van der Waals surface area contributed by atoms with E-state index in [2.05, 4.69) is 58.4 Å². The molecule has 200 valence electrons. The van der Waals surface area contributed by atoms with Crippen LogP contribution in [-0.4, -0.2) is 28.8 Å². The van der Waals surface area contributed by atoms with Crippen LogP contribution in [0.1, 0.15) is 50.8 Å². The lowest BCUT2D eigenvalue weighted by Crippen LogP contribution is -2.35. The number of nitrogens with two attached hydrogens (primary N) is 2. The molecule has 0 saturated heterocycles. The SMILES string of the molecule is CS/C(=C(/N)C(Nc1cc(Br)c2ncc(C#N)c(NCC(C)(C)C)c2c1)c1ccc(F)cc1)N(N)C1CC1. The third kappa shape index (κ3) is 6.34. The molecule has 0 spiro atoms. The van der Waals surface area contributed by atoms with Gasteiger partial charge in [-0.15, -0.1) is 11.8 Å². The summed E-state index contributed by atoms with van der Waals surface area (Å²) in [5.41, 5.74) is 10.8. The lowest BCUT2D eigenvalue weighted by molar-refractivity contribution is 0.368. The third-order valence-electron chi connectivity index (χ3n) is 6.28. The molecule has 0 amide bonds. The van der Waals surface area contributed by atoms with Gasteiger partial charge in [0.15, 0.2) is 0 Å². The predicted molar refractivity (Wildman–Crippen MR) is 159 cm³/mol. The highest BCUT2D eigenvalue weighted by Gasteiger charge is 2.31. The molecular formula is C28H33BrFN7S. The number of pyridine rings is 1. The van der Waals surface area contributed by atoms with Crippen molar-refractivity contribution < 1.29 is 4.39 Å². The Balaban J connectivity index is 1.82.